The monoisotopic (exact) mass is 525 g/mol. The summed E-state index contributed by atoms with van der Waals surface area (Å²) in [6.07, 6.45) is 5.20. The van der Waals surface area contributed by atoms with E-state index in [2.05, 4.69) is 4.98 Å². The number of amides is 1. The number of ether oxygens (including phenoxy) is 1. The molecule has 0 radical (unpaired) electrons. The van der Waals surface area contributed by atoms with Crippen LogP contribution in [0.2, 0.25) is 10.0 Å². The molecule has 0 fully saturated rings. The number of pyridine rings is 1. The van der Waals surface area contributed by atoms with E-state index in [4.69, 9.17) is 38.1 Å². The van der Waals surface area contributed by atoms with Crippen molar-refractivity contribution in [2.24, 2.45) is 0 Å². The summed E-state index contributed by atoms with van der Waals surface area (Å²) in [5.41, 5.74) is 9.39. The second-order valence-corrected chi connectivity index (χ2v) is 9.26. The van der Waals surface area contributed by atoms with Crippen molar-refractivity contribution in [1.82, 2.24) is 9.88 Å². The zero-order chi connectivity index (χ0) is 25.4. The van der Waals surface area contributed by atoms with Crippen LogP contribution in [-0.4, -0.2) is 28.9 Å². The van der Waals surface area contributed by atoms with Crippen LogP contribution in [0, 0.1) is 5.82 Å². The first-order valence-electron chi connectivity index (χ1n) is 11.3. The molecule has 2 aromatic heterocycles. The first kappa shape index (κ1) is 24.2. The zero-order valence-electron chi connectivity index (χ0n) is 19.3. The molecule has 184 valence electrons. The van der Waals surface area contributed by atoms with Gasteiger partial charge in [0.25, 0.3) is 5.91 Å². The minimum atomic E-state index is -0.726. The average molecular weight is 526 g/mol. The Morgan fingerprint density at radius 1 is 1.22 bits per heavy atom. The number of halogens is 3. The van der Waals surface area contributed by atoms with Gasteiger partial charge in [-0.2, -0.15) is 0 Å². The van der Waals surface area contributed by atoms with E-state index in [1.165, 1.54) is 12.1 Å². The van der Waals surface area contributed by atoms with E-state index in [1.54, 1.807) is 24.3 Å². The molecule has 6 nitrogen and oxygen atoms in total. The van der Waals surface area contributed by atoms with Gasteiger partial charge in [0.1, 0.15) is 11.9 Å². The van der Waals surface area contributed by atoms with Gasteiger partial charge in [0, 0.05) is 41.0 Å². The van der Waals surface area contributed by atoms with Crippen molar-refractivity contribution in [3.63, 3.8) is 0 Å². The number of nitrogens with zero attached hydrogens (tertiary/aromatic N) is 2. The van der Waals surface area contributed by atoms with Gasteiger partial charge in [-0.1, -0.05) is 47.5 Å². The fourth-order valence-electron chi connectivity index (χ4n) is 4.36. The van der Waals surface area contributed by atoms with Crippen molar-refractivity contribution in [3.8, 4) is 5.75 Å². The molecule has 0 aliphatic carbocycles. The van der Waals surface area contributed by atoms with Gasteiger partial charge in [-0.25, -0.2) is 9.37 Å². The summed E-state index contributed by atoms with van der Waals surface area (Å²) >= 11 is 12.4. The number of anilines is 1. The molecule has 2 aromatic carbocycles. The average Bonchev–Trinajstić information content (AvgIpc) is 3.33. The van der Waals surface area contributed by atoms with E-state index in [1.807, 2.05) is 36.4 Å². The van der Waals surface area contributed by atoms with Crippen LogP contribution in [0.5, 0.6) is 5.75 Å². The van der Waals surface area contributed by atoms with Crippen molar-refractivity contribution in [2.75, 3.05) is 18.8 Å². The molecule has 3 heterocycles. The molecule has 1 aliphatic rings. The number of rotatable bonds is 5. The molecule has 1 amide bonds. The van der Waals surface area contributed by atoms with Crippen LogP contribution >= 0.6 is 23.2 Å². The number of carbonyl (C=O) groups excluding carboxylic acids is 1. The van der Waals surface area contributed by atoms with Gasteiger partial charge in [-0.3, -0.25) is 4.79 Å². The number of benzene rings is 2. The third-order valence-corrected chi connectivity index (χ3v) is 6.96. The highest BCUT2D eigenvalue weighted by atomic mass is 35.5. The second kappa shape index (κ2) is 9.84. The number of nitrogen functional groups attached to an aromatic ring is 1. The zero-order valence-corrected chi connectivity index (χ0v) is 20.8. The van der Waals surface area contributed by atoms with Crippen molar-refractivity contribution in [1.29, 1.82) is 0 Å². The van der Waals surface area contributed by atoms with E-state index in [0.29, 0.717) is 36.2 Å². The normalized spacial score (nSPS) is 14.6. The maximum Gasteiger partial charge on any atom is 0.254 e. The molecule has 9 heteroatoms. The summed E-state index contributed by atoms with van der Waals surface area (Å²) in [4.78, 5) is 18.9. The first-order valence-corrected chi connectivity index (χ1v) is 12.1. The molecule has 0 unspecified atom stereocenters. The topological polar surface area (TPSA) is 81.6 Å². The highest BCUT2D eigenvalue weighted by Crippen LogP contribution is 2.41. The number of hydrogen-bond donors (Lipinski definition) is 1. The number of fused-ring (bicyclic) bond motifs is 1. The number of furan rings is 1. The van der Waals surface area contributed by atoms with Gasteiger partial charge in [0.15, 0.2) is 11.4 Å². The molecule has 0 bridgehead atoms. The van der Waals surface area contributed by atoms with Crippen LogP contribution in [0.4, 0.5) is 10.2 Å². The first-order chi connectivity index (χ1) is 17.3. The summed E-state index contributed by atoms with van der Waals surface area (Å²) in [6, 6.07) is 11.8. The van der Waals surface area contributed by atoms with E-state index in [-0.39, 0.29) is 27.5 Å². The number of carbonyl (C=O) groups is 1. The lowest BCUT2D eigenvalue weighted by atomic mass is 9.99. The molecule has 1 atom stereocenters. The van der Waals surface area contributed by atoms with E-state index in [9.17, 15) is 9.18 Å². The Morgan fingerprint density at radius 2 is 2.00 bits per heavy atom. The van der Waals surface area contributed by atoms with Gasteiger partial charge >= 0.3 is 0 Å². The Kier molecular flexibility index (Phi) is 6.60. The largest absolute Gasteiger partial charge is 0.478 e. The van der Waals surface area contributed by atoms with Gasteiger partial charge in [0.2, 0.25) is 5.75 Å². The predicted molar refractivity (Wildman–Crippen MR) is 139 cm³/mol. The van der Waals surface area contributed by atoms with Crippen LogP contribution in [0.3, 0.4) is 0 Å². The molecule has 0 saturated carbocycles. The SMILES string of the molecule is C[C@@H](Oc1c(N)ncc2c(C3=CCN(C(=O)c4ccccc4)CC3)coc12)c1c(Cl)ccc(F)c1Cl. The van der Waals surface area contributed by atoms with Crippen LogP contribution in [0.1, 0.15) is 40.9 Å². The third-order valence-electron chi connectivity index (χ3n) is 6.24. The number of aromatic nitrogens is 1. The van der Waals surface area contributed by atoms with Crippen molar-refractivity contribution >= 4 is 51.5 Å². The van der Waals surface area contributed by atoms with Crippen LogP contribution in [0.15, 0.2) is 65.4 Å². The second-order valence-electron chi connectivity index (χ2n) is 8.48. The Hall–Kier alpha value is -3.55. The molecule has 5 rings (SSSR count). The maximum atomic E-state index is 14.0. The molecule has 4 aromatic rings. The molecular weight excluding hydrogens is 504 g/mol. The molecule has 0 spiro atoms. The van der Waals surface area contributed by atoms with Crippen molar-refractivity contribution in [2.45, 2.75) is 19.4 Å². The fraction of sp³-hybridized carbons (Fsp3) is 0.185. The lowest BCUT2D eigenvalue weighted by molar-refractivity contribution is 0.0773. The quantitative estimate of drug-likeness (QED) is 0.286. The Labute approximate surface area is 217 Å². The van der Waals surface area contributed by atoms with Crippen molar-refractivity contribution < 1.29 is 18.3 Å². The lowest BCUT2D eigenvalue weighted by Gasteiger charge is -2.26. The number of hydrogen-bond acceptors (Lipinski definition) is 5. The Balaban J connectivity index is 1.42. The van der Waals surface area contributed by atoms with Gasteiger partial charge in [-0.05, 0) is 43.2 Å². The van der Waals surface area contributed by atoms with Crippen LogP contribution in [0.25, 0.3) is 16.5 Å². The van der Waals surface area contributed by atoms with Gasteiger partial charge in [0.05, 0.1) is 16.7 Å². The molecule has 2 N–H and O–H groups in total. The predicted octanol–water partition coefficient (Wildman–Crippen LogP) is 6.93. The van der Waals surface area contributed by atoms with Crippen LogP contribution in [-0.2, 0) is 0 Å². The van der Waals surface area contributed by atoms with Gasteiger partial charge in [-0.15, -0.1) is 0 Å². The van der Waals surface area contributed by atoms with E-state index < -0.39 is 11.9 Å². The standard InChI is InChI=1S/C27H22Cl2FN3O3/c1-15(22-20(28)7-8-21(30)23(22)29)36-25-24-18(13-32-26(25)31)19(14-35-24)16-9-11-33(12-10-16)27(34)17-5-3-2-4-6-17/h2-9,13-15H,10-12H2,1H3,(H2,31,32)/t15-/m1/s1. The Morgan fingerprint density at radius 3 is 2.72 bits per heavy atom. The minimum absolute atomic E-state index is 0.00302. The molecule has 0 saturated heterocycles. The van der Waals surface area contributed by atoms with E-state index >= 15 is 0 Å². The highest BCUT2D eigenvalue weighted by molar-refractivity contribution is 6.36. The summed E-state index contributed by atoms with van der Waals surface area (Å²) in [5.74, 6) is -0.257. The molecule has 36 heavy (non-hydrogen) atoms. The fourth-order valence-corrected chi connectivity index (χ4v) is 5.03. The van der Waals surface area contributed by atoms with E-state index in [0.717, 1.165) is 16.5 Å². The Bertz CT molecular complexity index is 1490. The molecular formula is C27H22Cl2FN3O3. The van der Waals surface area contributed by atoms with Crippen molar-refractivity contribution in [3.05, 3.63) is 93.6 Å². The summed E-state index contributed by atoms with van der Waals surface area (Å²) in [7, 11) is 0. The highest BCUT2D eigenvalue weighted by Gasteiger charge is 2.25. The molecule has 1 aliphatic heterocycles. The summed E-state index contributed by atoms with van der Waals surface area (Å²) < 4.78 is 26.0. The maximum absolute atomic E-state index is 14.0. The van der Waals surface area contributed by atoms with Gasteiger partial charge < -0.3 is 19.8 Å². The lowest BCUT2D eigenvalue weighted by Crippen LogP contribution is -2.34. The third kappa shape index (κ3) is 4.40. The number of nitrogens with two attached hydrogens (primary N) is 1. The summed E-state index contributed by atoms with van der Waals surface area (Å²) in [6.45, 7) is 2.75. The smallest absolute Gasteiger partial charge is 0.254 e. The summed E-state index contributed by atoms with van der Waals surface area (Å²) in [5, 5.41) is 0.877. The van der Waals surface area contributed by atoms with Crippen LogP contribution < -0.4 is 10.5 Å². The minimum Gasteiger partial charge on any atom is -0.478 e.